The maximum absolute atomic E-state index is 6.98. The monoisotopic (exact) mass is 483 g/mol. The maximum atomic E-state index is 6.98. The molecule has 0 saturated carbocycles. The molecule has 0 fully saturated rings. The van der Waals surface area contributed by atoms with Crippen molar-refractivity contribution in [3.63, 3.8) is 0 Å². The summed E-state index contributed by atoms with van der Waals surface area (Å²) in [6.07, 6.45) is 0. The minimum atomic E-state index is 0.111. The molecule has 4 heteroatoms. The van der Waals surface area contributed by atoms with Crippen molar-refractivity contribution in [2.24, 2.45) is 0 Å². The highest BCUT2D eigenvalue weighted by molar-refractivity contribution is 9.11. The zero-order chi connectivity index (χ0) is 19.4. The van der Waals surface area contributed by atoms with Crippen molar-refractivity contribution in [3.05, 3.63) is 72.9 Å². The van der Waals surface area contributed by atoms with Crippen molar-refractivity contribution in [1.29, 1.82) is 0 Å². The van der Waals surface area contributed by atoms with Gasteiger partial charge in [0.2, 0.25) is 5.69 Å². The molecule has 25 heavy (non-hydrogen) atoms. The third-order valence-corrected chi connectivity index (χ3v) is 5.62. The molecular formula is C21H24Br2ClN. The van der Waals surface area contributed by atoms with Gasteiger partial charge < -0.3 is 0 Å². The SMILES string of the molecule is CC(C)(C)c1ccc(Br)c(Cl)c1.[C-]#[N+]c1cc(C(C)(C)C)ccc1Br. The highest BCUT2D eigenvalue weighted by Gasteiger charge is 2.15. The minimum absolute atomic E-state index is 0.111. The average molecular weight is 486 g/mol. The quantitative estimate of drug-likeness (QED) is 0.329. The molecule has 0 aromatic heterocycles. The second kappa shape index (κ2) is 8.71. The number of hydrogen-bond donors (Lipinski definition) is 0. The molecule has 2 rings (SSSR count). The lowest BCUT2D eigenvalue weighted by Crippen LogP contribution is -2.10. The predicted molar refractivity (Wildman–Crippen MR) is 117 cm³/mol. The first-order valence-electron chi connectivity index (χ1n) is 7.99. The molecule has 0 heterocycles. The molecule has 2 aromatic carbocycles. The summed E-state index contributed by atoms with van der Waals surface area (Å²) in [7, 11) is 0. The summed E-state index contributed by atoms with van der Waals surface area (Å²) in [4.78, 5) is 3.45. The van der Waals surface area contributed by atoms with Gasteiger partial charge in [0.1, 0.15) is 0 Å². The summed E-state index contributed by atoms with van der Waals surface area (Å²) in [5.41, 5.74) is 3.43. The van der Waals surface area contributed by atoms with Crippen molar-refractivity contribution in [2.45, 2.75) is 52.4 Å². The van der Waals surface area contributed by atoms with Gasteiger partial charge in [0.25, 0.3) is 0 Å². The molecule has 0 atom stereocenters. The molecule has 0 radical (unpaired) electrons. The first kappa shape index (κ1) is 22.2. The number of rotatable bonds is 0. The Labute approximate surface area is 173 Å². The lowest BCUT2D eigenvalue weighted by atomic mass is 9.87. The number of nitrogens with zero attached hydrogens (tertiary/aromatic N) is 1. The van der Waals surface area contributed by atoms with E-state index in [1.54, 1.807) is 0 Å². The largest absolute Gasteiger partial charge is 0.237 e. The number of halogens is 3. The third kappa shape index (κ3) is 6.77. The fraction of sp³-hybridized carbons (Fsp3) is 0.381. The fourth-order valence-electron chi connectivity index (χ4n) is 2.03. The lowest BCUT2D eigenvalue weighted by molar-refractivity contribution is 0.590. The van der Waals surface area contributed by atoms with Crippen LogP contribution in [0.3, 0.4) is 0 Å². The van der Waals surface area contributed by atoms with E-state index in [0.29, 0.717) is 5.69 Å². The van der Waals surface area contributed by atoms with Gasteiger partial charge in [0, 0.05) is 8.95 Å². The molecule has 1 nitrogen and oxygen atoms in total. The van der Waals surface area contributed by atoms with Crippen molar-refractivity contribution in [2.75, 3.05) is 0 Å². The highest BCUT2D eigenvalue weighted by Crippen LogP contribution is 2.32. The van der Waals surface area contributed by atoms with Gasteiger partial charge in [-0.3, -0.25) is 0 Å². The van der Waals surface area contributed by atoms with E-state index < -0.39 is 0 Å². The molecule has 0 N–H and O–H groups in total. The van der Waals surface area contributed by atoms with E-state index in [4.69, 9.17) is 18.2 Å². The van der Waals surface area contributed by atoms with Crippen LogP contribution in [0.2, 0.25) is 5.02 Å². The Morgan fingerprint density at radius 1 is 0.800 bits per heavy atom. The van der Waals surface area contributed by atoms with E-state index in [0.717, 1.165) is 14.0 Å². The summed E-state index contributed by atoms with van der Waals surface area (Å²) < 4.78 is 1.83. The zero-order valence-corrected chi connectivity index (χ0v) is 19.5. The molecule has 0 aliphatic heterocycles. The third-order valence-electron chi connectivity index (χ3n) is 3.72. The van der Waals surface area contributed by atoms with Crippen molar-refractivity contribution >= 4 is 49.1 Å². The van der Waals surface area contributed by atoms with Crippen LogP contribution in [0.25, 0.3) is 4.85 Å². The molecule has 0 saturated heterocycles. The van der Waals surface area contributed by atoms with E-state index in [9.17, 15) is 0 Å². The van der Waals surface area contributed by atoms with Crippen molar-refractivity contribution in [1.82, 2.24) is 0 Å². The van der Waals surface area contributed by atoms with Crippen LogP contribution in [0.5, 0.6) is 0 Å². The Hall–Kier alpha value is -0.820. The van der Waals surface area contributed by atoms with E-state index in [1.807, 2.05) is 24.3 Å². The topological polar surface area (TPSA) is 4.36 Å². The smallest absolute Gasteiger partial charge is 0.201 e. The normalized spacial score (nSPS) is 11.4. The van der Waals surface area contributed by atoms with Crippen LogP contribution < -0.4 is 0 Å². The van der Waals surface area contributed by atoms with E-state index >= 15 is 0 Å². The summed E-state index contributed by atoms with van der Waals surface area (Å²) >= 11 is 12.7. The molecule has 0 aliphatic rings. The highest BCUT2D eigenvalue weighted by atomic mass is 79.9. The minimum Gasteiger partial charge on any atom is -0.237 e. The predicted octanol–water partition coefficient (Wildman–Crippen LogP) is 8.70. The second-order valence-electron chi connectivity index (χ2n) is 7.91. The summed E-state index contributed by atoms with van der Waals surface area (Å²) in [6.45, 7) is 19.9. The van der Waals surface area contributed by atoms with Crippen LogP contribution in [0, 0.1) is 6.57 Å². The lowest BCUT2D eigenvalue weighted by Gasteiger charge is -2.19. The van der Waals surface area contributed by atoms with Gasteiger partial charge in [0.05, 0.1) is 11.6 Å². The summed E-state index contributed by atoms with van der Waals surface area (Å²) in [6, 6.07) is 12.0. The van der Waals surface area contributed by atoms with Gasteiger partial charge >= 0.3 is 0 Å². The molecule has 134 valence electrons. The standard InChI is InChI=1S/C11H12BrN.C10H12BrCl/c1-11(2,3)8-5-6-9(12)10(7-8)13-4;1-10(2,3)7-4-5-8(11)9(12)6-7/h5-7H,1-3H3;4-6H,1-3H3. The van der Waals surface area contributed by atoms with Crippen LogP contribution >= 0.6 is 43.5 Å². The van der Waals surface area contributed by atoms with Crippen LogP contribution in [0.4, 0.5) is 5.69 Å². The first-order valence-corrected chi connectivity index (χ1v) is 9.95. The van der Waals surface area contributed by atoms with Crippen LogP contribution in [-0.2, 0) is 10.8 Å². The first-order chi connectivity index (χ1) is 11.4. The van der Waals surface area contributed by atoms with E-state index in [2.05, 4.69) is 90.4 Å². The Bertz CT molecular complexity index is 778. The zero-order valence-electron chi connectivity index (χ0n) is 15.5. The Kier molecular flexibility index (Phi) is 7.74. The van der Waals surface area contributed by atoms with Crippen molar-refractivity contribution in [3.8, 4) is 0 Å². The number of benzene rings is 2. The number of hydrogen-bond acceptors (Lipinski definition) is 0. The van der Waals surface area contributed by atoms with Gasteiger partial charge in [-0.1, -0.05) is 98.9 Å². The van der Waals surface area contributed by atoms with Gasteiger partial charge in [-0.2, -0.15) is 0 Å². The molecule has 2 aromatic rings. The van der Waals surface area contributed by atoms with Gasteiger partial charge in [-0.25, -0.2) is 4.85 Å². The average Bonchev–Trinajstić information content (AvgIpc) is 2.49. The molecule has 0 amide bonds. The summed E-state index contributed by atoms with van der Waals surface area (Å²) in [5.74, 6) is 0. The molecule has 0 aliphatic carbocycles. The van der Waals surface area contributed by atoms with E-state index in [1.165, 1.54) is 11.1 Å². The van der Waals surface area contributed by atoms with Crippen LogP contribution in [0.1, 0.15) is 52.7 Å². The van der Waals surface area contributed by atoms with Crippen LogP contribution in [0.15, 0.2) is 45.3 Å². The van der Waals surface area contributed by atoms with E-state index in [-0.39, 0.29) is 10.8 Å². The fourth-order valence-corrected chi connectivity index (χ4v) is 2.79. The van der Waals surface area contributed by atoms with Gasteiger partial charge in [-0.15, -0.1) is 0 Å². The molecule has 0 bridgehead atoms. The van der Waals surface area contributed by atoms with Crippen LogP contribution in [-0.4, -0.2) is 0 Å². The Balaban J connectivity index is 0.000000251. The molecule has 0 spiro atoms. The molecular weight excluding hydrogens is 461 g/mol. The Morgan fingerprint density at radius 2 is 1.24 bits per heavy atom. The van der Waals surface area contributed by atoms with Gasteiger partial charge in [0.15, 0.2) is 0 Å². The van der Waals surface area contributed by atoms with Crippen molar-refractivity contribution < 1.29 is 0 Å². The van der Waals surface area contributed by atoms with Gasteiger partial charge in [-0.05, 0) is 44.5 Å². The maximum Gasteiger partial charge on any atom is 0.201 e. The molecule has 0 unspecified atom stereocenters. The summed E-state index contributed by atoms with van der Waals surface area (Å²) in [5, 5.41) is 0.780. The Morgan fingerprint density at radius 3 is 1.64 bits per heavy atom. The second-order valence-corrected chi connectivity index (χ2v) is 10.0.